The highest BCUT2D eigenvalue weighted by atomic mass is 32.2. The number of nitrogens with zero attached hydrogens (tertiary/aromatic N) is 2. The van der Waals surface area contributed by atoms with Crippen molar-refractivity contribution in [3.8, 4) is 12.1 Å². The molecule has 0 aromatic heterocycles. The van der Waals surface area contributed by atoms with Crippen LogP contribution in [0.1, 0.15) is 11.1 Å². The van der Waals surface area contributed by atoms with Gasteiger partial charge in [0.05, 0.1) is 16.0 Å². The lowest BCUT2D eigenvalue weighted by Gasteiger charge is -2.09. The molecule has 0 atom stereocenters. The Bertz CT molecular complexity index is 1120. The minimum absolute atomic E-state index is 0.273. The van der Waals surface area contributed by atoms with Gasteiger partial charge in [-0.3, -0.25) is 4.55 Å². The quantitative estimate of drug-likeness (QED) is 0.550. The average molecular weight is 308 g/mol. The Balaban J connectivity index is 2.63. The summed E-state index contributed by atoms with van der Waals surface area (Å²) in [5, 5.41) is 20.9. The van der Waals surface area contributed by atoms with Gasteiger partial charge < -0.3 is 0 Å². The Hall–Kier alpha value is -2.93. The average Bonchev–Trinajstić information content (AvgIpc) is 2.51. The largest absolute Gasteiger partial charge is 0.294 e. The second-order valence-corrected chi connectivity index (χ2v) is 6.12. The van der Waals surface area contributed by atoms with E-state index in [0.29, 0.717) is 27.1 Å². The van der Waals surface area contributed by atoms with Crippen molar-refractivity contribution in [2.75, 3.05) is 0 Å². The van der Waals surface area contributed by atoms with Crippen LogP contribution in [0.5, 0.6) is 0 Å². The number of rotatable bonds is 1. The number of fused-ring (bicyclic) bond motifs is 2. The van der Waals surface area contributed by atoms with Gasteiger partial charge in [-0.25, -0.2) is 0 Å². The van der Waals surface area contributed by atoms with Crippen LogP contribution in [0.3, 0.4) is 0 Å². The van der Waals surface area contributed by atoms with Crippen LogP contribution < -0.4 is 0 Å². The Kier molecular flexibility index (Phi) is 3.07. The van der Waals surface area contributed by atoms with Crippen LogP contribution in [0.25, 0.3) is 21.5 Å². The molecule has 3 rings (SSSR count). The number of hydrogen-bond acceptors (Lipinski definition) is 4. The van der Waals surface area contributed by atoms with Crippen LogP contribution in [0.2, 0.25) is 0 Å². The molecule has 0 spiro atoms. The molecule has 3 aromatic rings. The topological polar surface area (TPSA) is 102 Å². The van der Waals surface area contributed by atoms with Gasteiger partial charge in [0.1, 0.15) is 12.1 Å². The molecule has 0 amide bonds. The second-order valence-electron chi connectivity index (χ2n) is 4.70. The van der Waals surface area contributed by atoms with Gasteiger partial charge in [0.25, 0.3) is 10.1 Å². The van der Waals surface area contributed by atoms with Gasteiger partial charge in [-0.05, 0) is 12.1 Å². The fourth-order valence-corrected chi connectivity index (χ4v) is 3.07. The van der Waals surface area contributed by atoms with E-state index < -0.39 is 10.1 Å². The van der Waals surface area contributed by atoms with E-state index in [4.69, 9.17) is 0 Å². The Morgan fingerprint density at radius 3 is 1.82 bits per heavy atom. The lowest BCUT2D eigenvalue weighted by atomic mass is 9.93. The lowest BCUT2D eigenvalue weighted by Crippen LogP contribution is -1.99. The highest BCUT2D eigenvalue weighted by Crippen LogP contribution is 2.33. The summed E-state index contributed by atoms with van der Waals surface area (Å²) in [6.07, 6.45) is 0. The zero-order valence-electron chi connectivity index (χ0n) is 11.1. The van der Waals surface area contributed by atoms with E-state index in [1.54, 1.807) is 24.3 Å². The molecule has 1 N–H and O–H groups in total. The van der Waals surface area contributed by atoms with Crippen molar-refractivity contribution in [1.82, 2.24) is 0 Å². The first-order chi connectivity index (χ1) is 10.5. The molecule has 0 bridgehead atoms. The molecule has 0 aliphatic carbocycles. The number of nitriles is 2. The molecule has 106 valence electrons. The summed E-state index contributed by atoms with van der Waals surface area (Å²) >= 11 is 0. The molecule has 22 heavy (non-hydrogen) atoms. The molecule has 0 heterocycles. The van der Waals surface area contributed by atoms with E-state index in [1.807, 2.05) is 0 Å². The molecule has 6 heteroatoms. The molecule has 0 saturated heterocycles. The van der Waals surface area contributed by atoms with Crippen LogP contribution in [0.15, 0.2) is 47.4 Å². The maximum atomic E-state index is 11.3. The van der Waals surface area contributed by atoms with Crippen molar-refractivity contribution >= 4 is 31.7 Å². The minimum atomic E-state index is -4.38. The number of benzene rings is 3. The van der Waals surface area contributed by atoms with E-state index >= 15 is 0 Å². The predicted octanol–water partition coefficient (Wildman–Crippen LogP) is 2.98. The standard InChI is InChI=1S/C16H8N2O3S/c17-8-15-11-3-1-2-4-12(11)16(9-18)14-7-10(22(19,20)21)5-6-13(14)15/h1-7H,(H,19,20,21). The van der Waals surface area contributed by atoms with Crippen molar-refractivity contribution in [2.45, 2.75) is 4.90 Å². The van der Waals surface area contributed by atoms with Crippen LogP contribution in [-0.4, -0.2) is 13.0 Å². The molecule has 0 fully saturated rings. The van der Waals surface area contributed by atoms with Crippen LogP contribution in [-0.2, 0) is 10.1 Å². The van der Waals surface area contributed by atoms with Crippen molar-refractivity contribution < 1.29 is 13.0 Å². The van der Waals surface area contributed by atoms with E-state index in [1.165, 1.54) is 18.2 Å². The van der Waals surface area contributed by atoms with Gasteiger partial charge in [0, 0.05) is 21.5 Å². The van der Waals surface area contributed by atoms with Gasteiger partial charge in [0.2, 0.25) is 0 Å². The Morgan fingerprint density at radius 1 is 0.818 bits per heavy atom. The fraction of sp³-hybridized carbons (Fsp3) is 0. The predicted molar refractivity (Wildman–Crippen MR) is 80.7 cm³/mol. The molecule has 0 saturated carbocycles. The molecular formula is C16H8N2O3S. The van der Waals surface area contributed by atoms with E-state index in [-0.39, 0.29) is 10.5 Å². The third-order valence-corrected chi connectivity index (χ3v) is 4.37. The van der Waals surface area contributed by atoms with Gasteiger partial charge >= 0.3 is 0 Å². The Labute approximate surface area is 126 Å². The Morgan fingerprint density at radius 2 is 1.32 bits per heavy atom. The molecule has 3 aromatic carbocycles. The zero-order chi connectivity index (χ0) is 15.9. The summed E-state index contributed by atoms with van der Waals surface area (Å²) < 4.78 is 31.8. The molecule has 0 radical (unpaired) electrons. The van der Waals surface area contributed by atoms with Gasteiger partial charge in [-0.1, -0.05) is 30.3 Å². The summed E-state index contributed by atoms with van der Waals surface area (Å²) in [6.45, 7) is 0. The minimum Gasteiger partial charge on any atom is -0.282 e. The van der Waals surface area contributed by atoms with Gasteiger partial charge in [-0.15, -0.1) is 0 Å². The summed E-state index contributed by atoms with van der Waals surface area (Å²) in [5.41, 5.74) is 0.640. The number of hydrogen-bond donors (Lipinski definition) is 1. The van der Waals surface area contributed by atoms with Crippen LogP contribution >= 0.6 is 0 Å². The fourth-order valence-electron chi connectivity index (χ4n) is 2.56. The highest BCUT2D eigenvalue weighted by molar-refractivity contribution is 7.85. The van der Waals surface area contributed by atoms with Gasteiger partial charge in [0.15, 0.2) is 0 Å². The third kappa shape index (κ3) is 1.99. The van der Waals surface area contributed by atoms with Crippen molar-refractivity contribution in [2.24, 2.45) is 0 Å². The molecular weight excluding hydrogens is 300 g/mol. The normalized spacial score (nSPS) is 11.2. The lowest BCUT2D eigenvalue weighted by molar-refractivity contribution is 0.483. The van der Waals surface area contributed by atoms with Crippen molar-refractivity contribution in [1.29, 1.82) is 10.5 Å². The molecule has 0 aliphatic heterocycles. The van der Waals surface area contributed by atoms with Crippen molar-refractivity contribution in [3.05, 3.63) is 53.6 Å². The smallest absolute Gasteiger partial charge is 0.282 e. The zero-order valence-corrected chi connectivity index (χ0v) is 11.9. The van der Waals surface area contributed by atoms with Gasteiger partial charge in [-0.2, -0.15) is 18.9 Å². The first-order valence-corrected chi connectivity index (χ1v) is 7.67. The second kappa shape index (κ2) is 4.81. The van der Waals surface area contributed by atoms with E-state index in [2.05, 4.69) is 12.1 Å². The summed E-state index contributed by atoms with van der Waals surface area (Å²) in [7, 11) is -4.38. The monoisotopic (exact) mass is 308 g/mol. The molecule has 0 unspecified atom stereocenters. The van der Waals surface area contributed by atoms with E-state index in [0.717, 1.165) is 0 Å². The maximum Gasteiger partial charge on any atom is 0.294 e. The summed E-state index contributed by atoms with van der Waals surface area (Å²) in [5.74, 6) is 0. The van der Waals surface area contributed by atoms with Crippen molar-refractivity contribution in [3.63, 3.8) is 0 Å². The molecule has 5 nitrogen and oxygen atoms in total. The van der Waals surface area contributed by atoms with Crippen LogP contribution in [0.4, 0.5) is 0 Å². The third-order valence-electron chi connectivity index (χ3n) is 3.52. The maximum absolute atomic E-state index is 11.3. The highest BCUT2D eigenvalue weighted by Gasteiger charge is 2.17. The first-order valence-electron chi connectivity index (χ1n) is 6.23. The summed E-state index contributed by atoms with van der Waals surface area (Å²) in [4.78, 5) is -0.310. The SMILES string of the molecule is N#Cc1c2ccccc2c(C#N)c2cc(S(=O)(=O)O)ccc12. The van der Waals surface area contributed by atoms with Crippen LogP contribution in [0, 0.1) is 22.7 Å². The molecule has 0 aliphatic rings. The van der Waals surface area contributed by atoms with E-state index in [9.17, 15) is 23.5 Å². The first kappa shape index (κ1) is 14.0. The summed E-state index contributed by atoms with van der Waals surface area (Å²) in [6, 6.07) is 15.0.